The zero-order chi connectivity index (χ0) is 16.9. The van der Waals surface area contributed by atoms with Gasteiger partial charge in [0.05, 0.1) is 24.4 Å². The van der Waals surface area contributed by atoms with Crippen molar-refractivity contribution in [3.05, 3.63) is 42.0 Å². The lowest BCUT2D eigenvalue weighted by atomic mass is 10.0. The zero-order valence-corrected chi connectivity index (χ0v) is 14.2. The Bertz CT molecular complexity index is 684. The molecular formula is C18H24N4O2. The van der Waals surface area contributed by atoms with Crippen molar-refractivity contribution in [2.24, 2.45) is 0 Å². The second-order valence-electron chi connectivity index (χ2n) is 6.34. The first-order chi connectivity index (χ1) is 11.6. The first-order valence-electron chi connectivity index (χ1n) is 8.42. The van der Waals surface area contributed by atoms with E-state index in [1.54, 1.807) is 18.7 Å². The van der Waals surface area contributed by atoms with Crippen molar-refractivity contribution in [1.82, 2.24) is 10.3 Å². The Morgan fingerprint density at radius 1 is 1.46 bits per heavy atom. The molecule has 1 unspecified atom stereocenters. The zero-order valence-electron chi connectivity index (χ0n) is 14.2. The van der Waals surface area contributed by atoms with Crippen LogP contribution >= 0.6 is 0 Å². The van der Waals surface area contributed by atoms with E-state index in [1.807, 2.05) is 19.1 Å². The van der Waals surface area contributed by atoms with Crippen molar-refractivity contribution in [2.75, 3.05) is 16.8 Å². The molecule has 3 rings (SSSR count). The molecule has 1 atom stereocenters. The van der Waals surface area contributed by atoms with Crippen molar-refractivity contribution in [3.8, 4) is 0 Å². The molecule has 1 saturated heterocycles. The summed E-state index contributed by atoms with van der Waals surface area (Å²) in [5.74, 6) is 1.02. The Kier molecular flexibility index (Phi) is 5.03. The Labute approximate surface area is 142 Å². The molecule has 0 aliphatic carbocycles. The highest BCUT2D eigenvalue weighted by molar-refractivity contribution is 5.89. The molecule has 1 fully saturated rings. The van der Waals surface area contributed by atoms with Gasteiger partial charge in [-0.2, -0.15) is 0 Å². The molecule has 2 N–H and O–H groups in total. The number of amides is 2. The van der Waals surface area contributed by atoms with Gasteiger partial charge in [0.25, 0.3) is 0 Å². The fraction of sp³-hybridized carbons (Fsp3) is 0.444. The number of carbonyl (C=O) groups excluding carboxylic acids is 1. The molecule has 2 aromatic heterocycles. The molecule has 6 nitrogen and oxygen atoms in total. The number of aryl methyl sites for hydroxylation is 1. The topological polar surface area (TPSA) is 70.4 Å². The average molecular weight is 328 g/mol. The minimum atomic E-state index is -0.253. The Morgan fingerprint density at radius 2 is 2.33 bits per heavy atom. The van der Waals surface area contributed by atoms with Crippen LogP contribution in [-0.4, -0.2) is 23.6 Å². The van der Waals surface area contributed by atoms with Crippen molar-refractivity contribution < 1.29 is 9.21 Å². The van der Waals surface area contributed by atoms with Crippen LogP contribution < -0.4 is 15.5 Å². The number of piperidine rings is 1. The number of furan rings is 1. The van der Waals surface area contributed by atoms with Gasteiger partial charge in [0, 0.05) is 24.7 Å². The van der Waals surface area contributed by atoms with Gasteiger partial charge in [-0.25, -0.2) is 9.78 Å². The van der Waals surface area contributed by atoms with Crippen LogP contribution in [0.15, 0.2) is 35.3 Å². The lowest BCUT2D eigenvalue weighted by Crippen LogP contribution is -2.38. The fourth-order valence-corrected chi connectivity index (χ4v) is 3.10. The van der Waals surface area contributed by atoms with Crippen molar-refractivity contribution >= 4 is 17.5 Å². The van der Waals surface area contributed by atoms with Gasteiger partial charge >= 0.3 is 6.03 Å². The summed E-state index contributed by atoms with van der Waals surface area (Å²) in [5, 5.41) is 5.61. The van der Waals surface area contributed by atoms with Crippen LogP contribution in [-0.2, 0) is 6.54 Å². The van der Waals surface area contributed by atoms with Gasteiger partial charge in [0.2, 0.25) is 0 Å². The molecule has 2 amide bonds. The maximum atomic E-state index is 12.0. The Balaban J connectivity index is 1.60. The van der Waals surface area contributed by atoms with Crippen LogP contribution in [0.25, 0.3) is 0 Å². The summed E-state index contributed by atoms with van der Waals surface area (Å²) in [4.78, 5) is 18.9. The van der Waals surface area contributed by atoms with E-state index < -0.39 is 0 Å². The number of carbonyl (C=O) groups is 1. The van der Waals surface area contributed by atoms with E-state index in [0.717, 1.165) is 23.5 Å². The van der Waals surface area contributed by atoms with Gasteiger partial charge in [-0.1, -0.05) is 0 Å². The molecule has 24 heavy (non-hydrogen) atoms. The van der Waals surface area contributed by atoms with E-state index in [1.165, 1.54) is 19.3 Å². The van der Waals surface area contributed by atoms with Gasteiger partial charge in [-0.3, -0.25) is 0 Å². The molecule has 0 spiro atoms. The standard InChI is InChI=1S/C18H24N4O2/c1-13-9-16(21-18(23)20-10-15-6-8-24-12-15)11-19-17(13)22-7-4-3-5-14(22)2/h6,8-9,11-12,14H,3-5,7,10H2,1-2H3,(H2,20,21,23). The fourth-order valence-electron chi connectivity index (χ4n) is 3.10. The van der Waals surface area contributed by atoms with E-state index in [4.69, 9.17) is 4.42 Å². The highest BCUT2D eigenvalue weighted by Gasteiger charge is 2.21. The summed E-state index contributed by atoms with van der Waals surface area (Å²) in [5.41, 5.74) is 2.70. The van der Waals surface area contributed by atoms with Gasteiger partial charge in [0.1, 0.15) is 5.82 Å². The first-order valence-corrected chi connectivity index (χ1v) is 8.42. The van der Waals surface area contributed by atoms with Gasteiger partial charge in [-0.15, -0.1) is 0 Å². The smallest absolute Gasteiger partial charge is 0.319 e. The molecule has 0 radical (unpaired) electrons. The predicted octanol–water partition coefficient (Wildman–Crippen LogP) is 3.68. The molecule has 128 valence electrons. The highest BCUT2D eigenvalue weighted by atomic mass is 16.3. The largest absolute Gasteiger partial charge is 0.472 e. The van der Waals surface area contributed by atoms with Crippen LogP contribution in [0.4, 0.5) is 16.3 Å². The predicted molar refractivity (Wildman–Crippen MR) is 94.2 cm³/mol. The highest BCUT2D eigenvalue weighted by Crippen LogP contribution is 2.27. The number of nitrogens with zero attached hydrogens (tertiary/aromatic N) is 2. The molecule has 1 aliphatic rings. The third-order valence-corrected chi connectivity index (χ3v) is 4.42. The maximum Gasteiger partial charge on any atom is 0.319 e. The quantitative estimate of drug-likeness (QED) is 0.898. The monoisotopic (exact) mass is 328 g/mol. The first kappa shape index (κ1) is 16.4. The second-order valence-corrected chi connectivity index (χ2v) is 6.34. The second kappa shape index (κ2) is 7.38. The number of hydrogen-bond acceptors (Lipinski definition) is 4. The summed E-state index contributed by atoms with van der Waals surface area (Å²) in [6, 6.07) is 4.06. The molecule has 0 bridgehead atoms. The number of rotatable bonds is 4. The molecule has 2 aromatic rings. The normalized spacial score (nSPS) is 17.6. The molecule has 0 saturated carbocycles. The van der Waals surface area contributed by atoms with Crippen molar-refractivity contribution in [1.29, 1.82) is 0 Å². The van der Waals surface area contributed by atoms with Crippen LogP contribution in [0.3, 0.4) is 0 Å². The minimum absolute atomic E-state index is 0.253. The van der Waals surface area contributed by atoms with Crippen LogP contribution in [0.5, 0.6) is 0 Å². The number of urea groups is 1. The maximum absolute atomic E-state index is 12.0. The SMILES string of the molecule is Cc1cc(NC(=O)NCc2ccoc2)cnc1N1CCCCC1C. The van der Waals surface area contributed by atoms with Crippen LogP contribution in [0.2, 0.25) is 0 Å². The molecule has 6 heteroatoms. The van der Waals surface area contributed by atoms with Crippen molar-refractivity contribution in [2.45, 2.75) is 45.7 Å². The third kappa shape index (κ3) is 3.88. The summed E-state index contributed by atoms with van der Waals surface area (Å²) >= 11 is 0. The van der Waals surface area contributed by atoms with E-state index >= 15 is 0 Å². The van der Waals surface area contributed by atoms with Crippen LogP contribution in [0, 0.1) is 6.92 Å². The molecule has 0 aromatic carbocycles. The number of hydrogen-bond donors (Lipinski definition) is 2. The van der Waals surface area contributed by atoms with E-state index in [9.17, 15) is 4.79 Å². The average Bonchev–Trinajstić information content (AvgIpc) is 3.08. The molecule has 1 aliphatic heterocycles. The summed E-state index contributed by atoms with van der Waals surface area (Å²) < 4.78 is 4.97. The van der Waals surface area contributed by atoms with Gasteiger partial charge in [0.15, 0.2) is 0 Å². The molecular weight excluding hydrogens is 304 g/mol. The summed E-state index contributed by atoms with van der Waals surface area (Å²) in [7, 11) is 0. The number of aromatic nitrogens is 1. The lowest BCUT2D eigenvalue weighted by Gasteiger charge is -2.35. The number of nitrogens with one attached hydrogen (secondary N) is 2. The summed E-state index contributed by atoms with van der Waals surface area (Å²) in [6.07, 6.45) is 8.62. The Hall–Kier alpha value is -2.50. The number of anilines is 2. The van der Waals surface area contributed by atoms with E-state index in [0.29, 0.717) is 18.3 Å². The number of pyridine rings is 1. The van der Waals surface area contributed by atoms with Crippen molar-refractivity contribution in [3.63, 3.8) is 0 Å². The van der Waals surface area contributed by atoms with Crippen LogP contribution in [0.1, 0.15) is 37.3 Å². The minimum Gasteiger partial charge on any atom is -0.472 e. The third-order valence-electron chi connectivity index (χ3n) is 4.42. The Morgan fingerprint density at radius 3 is 3.04 bits per heavy atom. The van der Waals surface area contributed by atoms with E-state index in [2.05, 4.69) is 27.4 Å². The lowest BCUT2D eigenvalue weighted by molar-refractivity contribution is 0.251. The van der Waals surface area contributed by atoms with Gasteiger partial charge in [-0.05, 0) is 50.8 Å². The molecule has 3 heterocycles. The van der Waals surface area contributed by atoms with E-state index in [-0.39, 0.29) is 6.03 Å². The van der Waals surface area contributed by atoms with Gasteiger partial charge < -0.3 is 20.0 Å². The summed E-state index contributed by atoms with van der Waals surface area (Å²) in [6.45, 7) is 5.76.